The van der Waals surface area contributed by atoms with Gasteiger partial charge in [-0.3, -0.25) is 4.79 Å². The summed E-state index contributed by atoms with van der Waals surface area (Å²) in [6, 6.07) is 7.57. The zero-order valence-electron chi connectivity index (χ0n) is 14.8. The molecule has 2 atom stereocenters. The van der Waals surface area contributed by atoms with Crippen LogP contribution in [0.1, 0.15) is 32.3 Å². The molecule has 0 spiro atoms. The van der Waals surface area contributed by atoms with Gasteiger partial charge in [0.1, 0.15) is 5.75 Å². The highest BCUT2D eigenvalue weighted by atomic mass is 32.2. The van der Waals surface area contributed by atoms with Gasteiger partial charge in [-0.25, -0.2) is 0 Å². The fraction of sp³-hybridized carbons (Fsp3) is 0.611. The number of hydrogen-bond donors (Lipinski definition) is 2. The van der Waals surface area contributed by atoms with Crippen LogP contribution in [0.15, 0.2) is 24.3 Å². The predicted molar refractivity (Wildman–Crippen MR) is 98.5 cm³/mol. The molecule has 0 aliphatic heterocycles. The molecule has 136 valence electrons. The number of carbonyl (C=O) groups excluding carboxylic acids is 1. The number of aliphatic hydroxyl groups excluding tert-OH is 1. The molecule has 0 saturated carbocycles. The lowest BCUT2D eigenvalue weighted by atomic mass is 10.2. The Balaban J connectivity index is 2.16. The van der Waals surface area contributed by atoms with E-state index in [-0.39, 0.29) is 24.3 Å². The van der Waals surface area contributed by atoms with Crippen molar-refractivity contribution >= 4 is 17.7 Å². The van der Waals surface area contributed by atoms with Crippen molar-refractivity contribution in [2.75, 3.05) is 26.0 Å². The van der Waals surface area contributed by atoms with Gasteiger partial charge in [0.25, 0.3) is 0 Å². The molecule has 6 heteroatoms. The lowest BCUT2D eigenvalue weighted by Crippen LogP contribution is -2.38. The van der Waals surface area contributed by atoms with E-state index in [1.54, 1.807) is 18.9 Å². The topological polar surface area (TPSA) is 67.8 Å². The Morgan fingerprint density at radius 3 is 2.67 bits per heavy atom. The molecule has 5 nitrogen and oxygen atoms in total. The lowest BCUT2D eigenvalue weighted by molar-refractivity contribution is -0.121. The molecule has 0 bridgehead atoms. The van der Waals surface area contributed by atoms with E-state index in [0.717, 1.165) is 29.9 Å². The number of rotatable bonds is 12. The quantitative estimate of drug-likeness (QED) is 0.564. The van der Waals surface area contributed by atoms with E-state index in [1.165, 1.54) is 0 Å². The monoisotopic (exact) mass is 355 g/mol. The van der Waals surface area contributed by atoms with Gasteiger partial charge in [0, 0.05) is 6.54 Å². The number of benzene rings is 1. The third-order valence-electron chi connectivity index (χ3n) is 3.48. The van der Waals surface area contributed by atoms with Crippen LogP contribution < -0.4 is 10.1 Å². The maximum absolute atomic E-state index is 11.9. The average molecular weight is 356 g/mol. The van der Waals surface area contributed by atoms with Crippen LogP contribution in [-0.2, 0) is 16.1 Å². The maximum Gasteiger partial charge on any atom is 0.232 e. The summed E-state index contributed by atoms with van der Waals surface area (Å²) in [6.07, 6.45) is 1.54. The summed E-state index contributed by atoms with van der Waals surface area (Å²) in [6.45, 7) is 4.83. The first-order valence-electron chi connectivity index (χ1n) is 8.34. The number of hydrogen-bond acceptors (Lipinski definition) is 5. The van der Waals surface area contributed by atoms with E-state index in [2.05, 4.69) is 12.2 Å². The maximum atomic E-state index is 11.9. The van der Waals surface area contributed by atoms with Gasteiger partial charge in [0.05, 0.1) is 31.7 Å². The van der Waals surface area contributed by atoms with E-state index in [1.807, 2.05) is 31.2 Å². The van der Waals surface area contributed by atoms with Crippen molar-refractivity contribution in [2.24, 2.45) is 0 Å². The van der Waals surface area contributed by atoms with Crippen molar-refractivity contribution in [1.82, 2.24) is 5.32 Å². The molecule has 0 saturated heterocycles. The van der Waals surface area contributed by atoms with Crippen LogP contribution in [0, 0.1) is 0 Å². The predicted octanol–water partition coefficient (Wildman–Crippen LogP) is 2.61. The zero-order chi connectivity index (χ0) is 17.8. The summed E-state index contributed by atoms with van der Waals surface area (Å²) >= 11 is 1.64. The Kier molecular flexibility index (Phi) is 10.5. The summed E-state index contributed by atoms with van der Waals surface area (Å²) in [5, 5.41) is 12.6. The van der Waals surface area contributed by atoms with Crippen LogP contribution in [-0.4, -0.2) is 48.4 Å². The molecule has 1 amide bonds. The van der Waals surface area contributed by atoms with Crippen molar-refractivity contribution in [3.05, 3.63) is 29.8 Å². The highest BCUT2D eigenvalue weighted by Crippen LogP contribution is 2.13. The molecule has 0 aromatic heterocycles. The number of ether oxygens (including phenoxy) is 2. The van der Waals surface area contributed by atoms with Crippen LogP contribution in [0.5, 0.6) is 5.75 Å². The van der Waals surface area contributed by atoms with Gasteiger partial charge in [0.2, 0.25) is 5.91 Å². The first-order valence-corrected chi connectivity index (χ1v) is 9.39. The van der Waals surface area contributed by atoms with E-state index in [9.17, 15) is 9.90 Å². The van der Waals surface area contributed by atoms with Crippen LogP contribution in [0.2, 0.25) is 0 Å². The SMILES string of the molecule is CCCCSC(C)C(=O)NCC(O)COCc1ccc(OC)cc1. The number of unbranched alkanes of at least 4 members (excludes halogenated alkanes) is 1. The molecular formula is C18H29NO4S. The molecule has 2 N–H and O–H groups in total. The van der Waals surface area contributed by atoms with Gasteiger partial charge in [-0.05, 0) is 36.8 Å². The van der Waals surface area contributed by atoms with Gasteiger partial charge >= 0.3 is 0 Å². The van der Waals surface area contributed by atoms with Crippen LogP contribution >= 0.6 is 11.8 Å². The third-order valence-corrected chi connectivity index (χ3v) is 4.72. The number of methoxy groups -OCH3 is 1. The van der Waals surface area contributed by atoms with E-state index < -0.39 is 6.10 Å². The van der Waals surface area contributed by atoms with Gasteiger partial charge in [-0.15, -0.1) is 11.8 Å². The molecule has 1 aromatic carbocycles. The number of nitrogens with one attached hydrogen (secondary N) is 1. The van der Waals surface area contributed by atoms with Gasteiger partial charge in [0.15, 0.2) is 0 Å². The van der Waals surface area contributed by atoms with Gasteiger partial charge < -0.3 is 19.9 Å². The summed E-state index contributed by atoms with van der Waals surface area (Å²) in [4.78, 5) is 11.9. The van der Waals surface area contributed by atoms with Crippen molar-refractivity contribution < 1.29 is 19.4 Å². The van der Waals surface area contributed by atoms with Gasteiger partial charge in [-0.2, -0.15) is 0 Å². The molecule has 0 heterocycles. The number of thioether (sulfide) groups is 1. The highest BCUT2D eigenvalue weighted by Gasteiger charge is 2.14. The third kappa shape index (κ3) is 8.57. The standard InChI is InChI=1S/C18H29NO4S/c1-4-5-10-24-14(2)18(21)19-11-16(20)13-23-12-15-6-8-17(22-3)9-7-15/h6-9,14,16,20H,4-5,10-13H2,1-3H3,(H,19,21). The van der Waals surface area contributed by atoms with E-state index >= 15 is 0 Å². The fourth-order valence-electron chi connectivity index (χ4n) is 1.94. The molecule has 1 rings (SSSR count). The second-order valence-corrected chi connectivity index (χ2v) is 7.08. The Hall–Kier alpha value is -1.24. The lowest BCUT2D eigenvalue weighted by Gasteiger charge is -2.15. The largest absolute Gasteiger partial charge is 0.497 e. The second kappa shape index (κ2) is 12.2. The van der Waals surface area contributed by atoms with Crippen molar-refractivity contribution in [3.8, 4) is 5.75 Å². The fourth-order valence-corrected chi connectivity index (χ4v) is 2.98. The molecular weight excluding hydrogens is 326 g/mol. The Labute approximate surface area is 149 Å². The highest BCUT2D eigenvalue weighted by molar-refractivity contribution is 8.00. The molecule has 24 heavy (non-hydrogen) atoms. The smallest absolute Gasteiger partial charge is 0.232 e. The first-order chi connectivity index (χ1) is 11.6. The normalized spacial score (nSPS) is 13.3. The Morgan fingerprint density at radius 1 is 1.33 bits per heavy atom. The molecule has 0 aliphatic rings. The zero-order valence-corrected chi connectivity index (χ0v) is 15.6. The number of carbonyl (C=O) groups is 1. The summed E-state index contributed by atoms with van der Waals surface area (Å²) < 4.78 is 10.6. The van der Waals surface area contributed by atoms with Crippen LogP contribution in [0.4, 0.5) is 0 Å². The molecule has 1 aromatic rings. The van der Waals surface area contributed by atoms with Crippen molar-refractivity contribution in [2.45, 2.75) is 44.6 Å². The first kappa shape index (κ1) is 20.8. The van der Waals surface area contributed by atoms with E-state index in [0.29, 0.717) is 6.61 Å². The van der Waals surface area contributed by atoms with E-state index in [4.69, 9.17) is 9.47 Å². The minimum absolute atomic E-state index is 0.0368. The van der Waals surface area contributed by atoms with Crippen molar-refractivity contribution in [1.29, 1.82) is 0 Å². The number of amides is 1. The Bertz CT molecular complexity index is 467. The molecule has 0 aliphatic carbocycles. The minimum Gasteiger partial charge on any atom is -0.497 e. The van der Waals surface area contributed by atoms with Gasteiger partial charge in [-0.1, -0.05) is 25.5 Å². The Morgan fingerprint density at radius 2 is 2.04 bits per heavy atom. The summed E-state index contributed by atoms with van der Waals surface area (Å²) in [5.74, 6) is 1.75. The van der Waals surface area contributed by atoms with Crippen LogP contribution in [0.3, 0.4) is 0 Å². The molecule has 0 fully saturated rings. The molecule has 2 unspecified atom stereocenters. The summed E-state index contributed by atoms with van der Waals surface area (Å²) in [7, 11) is 1.62. The number of aliphatic hydroxyl groups is 1. The van der Waals surface area contributed by atoms with Crippen molar-refractivity contribution in [3.63, 3.8) is 0 Å². The minimum atomic E-state index is -0.708. The van der Waals surface area contributed by atoms with Crippen LogP contribution in [0.25, 0.3) is 0 Å². The molecule has 0 radical (unpaired) electrons. The second-order valence-electron chi connectivity index (χ2n) is 5.63. The average Bonchev–Trinajstić information content (AvgIpc) is 2.60. The summed E-state index contributed by atoms with van der Waals surface area (Å²) in [5.41, 5.74) is 1.01.